The Morgan fingerprint density at radius 2 is 2.13 bits per heavy atom. The number of nitrogens with two attached hydrogens (primary N) is 1. The third kappa shape index (κ3) is 5.20. The van der Waals surface area contributed by atoms with E-state index in [9.17, 15) is 4.79 Å². The van der Waals surface area contributed by atoms with E-state index in [1.54, 1.807) is 12.1 Å². The van der Waals surface area contributed by atoms with Crippen molar-refractivity contribution in [2.75, 3.05) is 32.5 Å². The second-order valence-corrected chi connectivity index (χ2v) is 6.39. The molecule has 1 aliphatic rings. The first-order valence-electron chi connectivity index (χ1n) is 8.70. The van der Waals surface area contributed by atoms with Crippen LogP contribution >= 0.6 is 0 Å². The summed E-state index contributed by atoms with van der Waals surface area (Å²) in [7, 11) is 1.52. The number of nitrogen functional groups attached to an aromatic ring is 1. The Labute approximate surface area is 139 Å². The fourth-order valence-electron chi connectivity index (χ4n) is 3.17. The molecule has 1 aromatic rings. The van der Waals surface area contributed by atoms with Crippen LogP contribution in [0.15, 0.2) is 12.1 Å². The Morgan fingerprint density at radius 1 is 1.39 bits per heavy atom. The third-order valence-corrected chi connectivity index (χ3v) is 4.69. The second-order valence-electron chi connectivity index (χ2n) is 6.39. The van der Waals surface area contributed by atoms with Crippen LogP contribution in [-0.4, -0.2) is 42.4 Å². The molecule has 0 bridgehead atoms. The molecule has 5 nitrogen and oxygen atoms in total. The van der Waals surface area contributed by atoms with Crippen LogP contribution in [0, 0.1) is 5.92 Å². The molecule has 23 heavy (non-hydrogen) atoms. The van der Waals surface area contributed by atoms with Gasteiger partial charge in [0.25, 0.3) is 0 Å². The summed E-state index contributed by atoms with van der Waals surface area (Å²) in [4.78, 5) is 19.0. The van der Waals surface area contributed by atoms with Gasteiger partial charge in [-0.15, -0.1) is 0 Å². The number of Topliss-reactive ketones (excluding diaryl/α,β-unsaturated/α-hetero) is 1. The molecule has 2 heterocycles. The van der Waals surface area contributed by atoms with Crippen LogP contribution in [0.25, 0.3) is 0 Å². The number of piperidine rings is 1. The minimum atomic E-state index is 0.0998. The maximum atomic E-state index is 12.4. The first kappa shape index (κ1) is 17.7. The van der Waals surface area contributed by atoms with E-state index >= 15 is 0 Å². The maximum absolute atomic E-state index is 12.4. The molecule has 1 aromatic heterocycles. The molecule has 2 N–H and O–H groups in total. The van der Waals surface area contributed by atoms with Gasteiger partial charge >= 0.3 is 0 Å². The van der Waals surface area contributed by atoms with Crippen LogP contribution in [0.3, 0.4) is 0 Å². The maximum Gasteiger partial charge on any atom is 0.226 e. The number of ether oxygens (including phenoxy) is 1. The van der Waals surface area contributed by atoms with Crippen molar-refractivity contribution < 1.29 is 9.53 Å². The minimum Gasteiger partial charge on any atom is -0.480 e. The molecule has 0 spiro atoms. The highest BCUT2D eigenvalue weighted by atomic mass is 16.5. The van der Waals surface area contributed by atoms with E-state index in [0.717, 1.165) is 6.42 Å². The van der Waals surface area contributed by atoms with Gasteiger partial charge in [0.15, 0.2) is 5.78 Å². The average molecular weight is 319 g/mol. The Hall–Kier alpha value is -1.62. The van der Waals surface area contributed by atoms with Crippen LogP contribution in [0.4, 0.5) is 5.82 Å². The predicted octanol–water partition coefficient (Wildman–Crippen LogP) is 3.15. The topological polar surface area (TPSA) is 68.5 Å². The van der Waals surface area contributed by atoms with E-state index < -0.39 is 0 Å². The largest absolute Gasteiger partial charge is 0.480 e. The zero-order valence-electron chi connectivity index (χ0n) is 14.4. The molecule has 0 radical (unpaired) electrons. The number of pyridine rings is 1. The summed E-state index contributed by atoms with van der Waals surface area (Å²) < 4.78 is 5.17. The Bertz CT molecular complexity index is 511. The zero-order valence-corrected chi connectivity index (χ0v) is 14.4. The molecular formula is C18H29N3O2. The second kappa shape index (κ2) is 8.87. The van der Waals surface area contributed by atoms with Crippen LogP contribution in [0.5, 0.6) is 5.88 Å². The van der Waals surface area contributed by atoms with Gasteiger partial charge in [-0.1, -0.05) is 13.3 Å². The molecular weight excluding hydrogens is 290 g/mol. The van der Waals surface area contributed by atoms with Gasteiger partial charge in [0, 0.05) is 6.42 Å². The fourth-order valence-corrected chi connectivity index (χ4v) is 3.17. The molecule has 0 saturated carbocycles. The molecule has 0 atom stereocenters. The van der Waals surface area contributed by atoms with Gasteiger partial charge in [-0.05, 0) is 63.4 Å². The number of hydrogen-bond acceptors (Lipinski definition) is 5. The Balaban J connectivity index is 1.79. The normalized spacial score (nSPS) is 16.4. The lowest BCUT2D eigenvalue weighted by Gasteiger charge is -2.31. The lowest BCUT2D eigenvalue weighted by Crippen LogP contribution is -2.34. The molecule has 0 amide bonds. The molecule has 0 aromatic carbocycles. The fraction of sp³-hybridized carbons (Fsp3) is 0.667. The number of carbonyl (C=O) groups is 1. The predicted molar refractivity (Wildman–Crippen MR) is 92.8 cm³/mol. The van der Waals surface area contributed by atoms with E-state index in [0.29, 0.717) is 29.6 Å². The van der Waals surface area contributed by atoms with E-state index in [1.165, 1.54) is 52.4 Å². The highest BCUT2D eigenvalue weighted by molar-refractivity contribution is 5.98. The first-order valence-corrected chi connectivity index (χ1v) is 8.70. The summed E-state index contributed by atoms with van der Waals surface area (Å²) in [5.74, 6) is 1.47. The number of hydrogen-bond donors (Lipinski definition) is 1. The van der Waals surface area contributed by atoms with Crippen molar-refractivity contribution >= 4 is 11.6 Å². The summed E-state index contributed by atoms with van der Waals surface area (Å²) in [6.45, 7) is 5.80. The van der Waals surface area contributed by atoms with E-state index in [4.69, 9.17) is 10.5 Å². The van der Waals surface area contributed by atoms with E-state index in [-0.39, 0.29) is 5.78 Å². The smallest absolute Gasteiger partial charge is 0.226 e. The van der Waals surface area contributed by atoms with Crippen LogP contribution in [0.2, 0.25) is 0 Å². The number of nitrogens with zero attached hydrogens (tertiary/aromatic N) is 2. The number of methoxy groups -OCH3 is 1. The van der Waals surface area contributed by atoms with E-state index in [1.807, 2.05) is 0 Å². The van der Waals surface area contributed by atoms with Gasteiger partial charge in [0.05, 0.1) is 12.7 Å². The zero-order chi connectivity index (χ0) is 16.7. The molecule has 0 unspecified atom stereocenters. The number of unbranched alkanes of at least 4 members (excludes halogenated alkanes) is 1. The lowest BCUT2D eigenvalue weighted by atomic mass is 9.90. The number of ketones is 1. The first-order chi connectivity index (χ1) is 11.1. The number of carbonyl (C=O) groups excluding carboxylic acids is 1. The van der Waals surface area contributed by atoms with Crippen LogP contribution < -0.4 is 10.5 Å². The quantitative estimate of drug-likeness (QED) is 0.746. The van der Waals surface area contributed by atoms with Gasteiger partial charge in [-0.25, -0.2) is 0 Å². The molecule has 1 fully saturated rings. The van der Waals surface area contributed by atoms with Crippen molar-refractivity contribution in [2.45, 2.75) is 45.4 Å². The van der Waals surface area contributed by atoms with Crippen molar-refractivity contribution in [3.8, 4) is 5.88 Å². The SMILES string of the molecule is CCCCN1CCC(CCC(=O)c2ccc(N)nc2OC)CC1. The third-order valence-electron chi connectivity index (χ3n) is 4.69. The van der Waals surface area contributed by atoms with Gasteiger partial charge < -0.3 is 15.4 Å². The van der Waals surface area contributed by atoms with Gasteiger partial charge in [0.1, 0.15) is 5.82 Å². The van der Waals surface area contributed by atoms with Crippen molar-refractivity contribution in [3.63, 3.8) is 0 Å². The Morgan fingerprint density at radius 3 is 2.78 bits per heavy atom. The number of rotatable bonds is 8. The minimum absolute atomic E-state index is 0.0998. The summed E-state index contributed by atoms with van der Waals surface area (Å²) in [6, 6.07) is 3.37. The van der Waals surface area contributed by atoms with E-state index in [2.05, 4.69) is 16.8 Å². The summed E-state index contributed by atoms with van der Waals surface area (Å²) in [5.41, 5.74) is 6.18. The molecule has 1 saturated heterocycles. The summed E-state index contributed by atoms with van der Waals surface area (Å²) >= 11 is 0. The Kier molecular flexibility index (Phi) is 6.84. The van der Waals surface area contributed by atoms with Crippen molar-refractivity contribution in [2.24, 2.45) is 5.92 Å². The number of anilines is 1. The summed E-state index contributed by atoms with van der Waals surface area (Å²) in [5, 5.41) is 0. The summed E-state index contributed by atoms with van der Waals surface area (Å²) in [6.07, 6.45) is 6.46. The van der Waals surface area contributed by atoms with Gasteiger partial charge in [-0.3, -0.25) is 4.79 Å². The number of likely N-dealkylation sites (tertiary alicyclic amines) is 1. The van der Waals surface area contributed by atoms with Gasteiger partial charge in [-0.2, -0.15) is 4.98 Å². The standard InChI is InChI=1S/C18H29N3O2/c1-3-4-11-21-12-9-14(10-13-21)5-7-16(22)15-6-8-17(19)20-18(15)23-2/h6,8,14H,3-5,7,9-13H2,1-2H3,(H2,19,20). The highest BCUT2D eigenvalue weighted by Gasteiger charge is 2.21. The monoisotopic (exact) mass is 319 g/mol. The molecule has 0 aliphatic carbocycles. The van der Waals surface area contributed by atoms with Crippen LogP contribution in [0.1, 0.15) is 55.8 Å². The average Bonchev–Trinajstić information content (AvgIpc) is 2.58. The highest BCUT2D eigenvalue weighted by Crippen LogP contribution is 2.25. The molecule has 5 heteroatoms. The van der Waals surface area contributed by atoms with Crippen molar-refractivity contribution in [1.29, 1.82) is 0 Å². The van der Waals surface area contributed by atoms with Crippen LogP contribution in [-0.2, 0) is 0 Å². The molecule has 1 aliphatic heterocycles. The molecule has 128 valence electrons. The molecule has 2 rings (SSSR count). The van der Waals surface area contributed by atoms with Crippen molar-refractivity contribution in [1.82, 2.24) is 9.88 Å². The van der Waals surface area contributed by atoms with Crippen molar-refractivity contribution in [3.05, 3.63) is 17.7 Å². The van der Waals surface area contributed by atoms with Gasteiger partial charge in [0.2, 0.25) is 5.88 Å². The lowest BCUT2D eigenvalue weighted by molar-refractivity contribution is 0.0958. The number of aromatic nitrogens is 1.